The van der Waals surface area contributed by atoms with Crippen molar-refractivity contribution in [2.75, 3.05) is 16.8 Å². The van der Waals surface area contributed by atoms with Crippen LogP contribution in [0.5, 0.6) is 0 Å². The van der Waals surface area contributed by atoms with Crippen LogP contribution in [0, 0.1) is 0 Å². The normalized spacial score (nSPS) is 19.0. The number of carbonyl (C=O) groups excluding carboxylic acids is 2. The number of anilines is 2. The molecule has 0 aromatic heterocycles. The van der Waals surface area contributed by atoms with Crippen LogP contribution in [0.1, 0.15) is 13.8 Å². The average molecular weight is 376 g/mol. The summed E-state index contributed by atoms with van der Waals surface area (Å²) in [5, 5.41) is 5.00. The standard InChI is InChI=1S/C22H20N2O2S/c1-3-24-18-13-6-7-14-19(18)27-22(2,21(24)26)20(25)23-17-12-8-10-15-9-4-5-11-16(15)17/h4-14H,3H2,1-2H3,(H,23,25). The third-order valence-corrected chi connectivity index (χ3v) is 6.24. The number of para-hydroxylation sites is 1. The van der Waals surface area contributed by atoms with E-state index in [9.17, 15) is 9.59 Å². The summed E-state index contributed by atoms with van der Waals surface area (Å²) in [5.74, 6) is -0.492. The largest absolute Gasteiger partial charge is 0.324 e. The molecule has 4 rings (SSSR count). The van der Waals surface area contributed by atoms with Crippen LogP contribution in [0.25, 0.3) is 10.8 Å². The van der Waals surface area contributed by atoms with Crippen LogP contribution in [0.2, 0.25) is 0 Å². The Morgan fingerprint density at radius 1 is 1.04 bits per heavy atom. The van der Waals surface area contributed by atoms with Gasteiger partial charge in [0.25, 0.3) is 5.91 Å². The molecule has 1 aliphatic heterocycles. The number of amides is 2. The molecule has 1 aliphatic rings. The number of nitrogens with zero attached hydrogens (tertiary/aromatic N) is 1. The Morgan fingerprint density at radius 3 is 2.56 bits per heavy atom. The maximum absolute atomic E-state index is 13.2. The molecule has 2 amide bonds. The molecule has 3 aromatic rings. The number of thioether (sulfide) groups is 1. The van der Waals surface area contributed by atoms with Gasteiger partial charge in [-0.15, -0.1) is 0 Å². The highest BCUT2D eigenvalue weighted by atomic mass is 32.2. The molecule has 3 aromatic carbocycles. The molecule has 1 heterocycles. The van der Waals surface area contributed by atoms with Crippen molar-refractivity contribution >= 4 is 45.7 Å². The lowest BCUT2D eigenvalue weighted by atomic mass is 10.1. The van der Waals surface area contributed by atoms with Crippen molar-refractivity contribution in [3.05, 3.63) is 66.7 Å². The van der Waals surface area contributed by atoms with Crippen LogP contribution in [-0.4, -0.2) is 23.1 Å². The average Bonchev–Trinajstić information content (AvgIpc) is 2.69. The zero-order chi connectivity index (χ0) is 19.0. The van der Waals surface area contributed by atoms with Gasteiger partial charge in [0.1, 0.15) is 0 Å². The number of fused-ring (bicyclic) bond motifs is 2. The first-order chi connectivity index (χ1) is 13.0. The van der Waals surface area contributed by atoms with E-state index in [0.717, 1.165) is 27.0 Å². The van der Waals surface area contributed by atoms with Gasteiger partial charge in [0.15, 0.2) is 4.75 Å². The first-order valence-corrected chi connectivity index (χ1v) is 9.75. The summed E-state index contributed by atoms with van der Waals surface area (Å²) < 4.78 is -1.22. The first kappa shape index (κ1) is 17.6. The van der Waals surface area contributed by atoms with Gasteiger partial charge >= 0.3 is 0 Å². The fraction of sp³-hybridized carbons (Fsp3) is 0.182. The molecule has 4 nitrogen and oxygen atoms in total. The van der Waals surface area contributed by atoms with Gasteiger partial charge in [0.05, 0.1) is 5.69 Å². The molecule has 0 saturated carbocycles. The van der Waals surface area contributed by atoms with E-state index in [1.165, 1.54) is 11.8 Å². The number of hydrogen-bond acceptors (Lipinski definition) is 3. The van der Waals surface area contributed by atoms with Crippen LogP contribution < -0.4 is 10.2 Å². The van der Waals surface area contributed by atoms with Gasteiger partial charge in [0, 0.05) is 22.5 Å². The zero-order valence-corrected chi connectivity index (χ0v) is 16.0. The molecule has 5 heteroatoms. The summed E-state index contributed by atoms with van der Waals surface area (Å²) >= 11 is 1.32. The lowest BCUT2D eigenvalue weighted by Gasteiger charge is -2.38. The van der Waals surface area contributed by atoms with Crippen LogP contribution in [-0.2, 0) is 9.59 Å². The lowest BCUT2D eigenvalue weighted by molar-refractivity contribution is -0.128. The minimum Gasteiger partial charge on any atom is -0.324 e. The third-order valence-electron chi connectivity index (χ3n) is 4.91. The van der Waals surface area contributed by atoms with Gasteiger partial charge in [-0.05, 0) is 37.4 Å². The van der Waals surface area contributed by atoms with Gasteiger partial charge in [0.2, 0.25) is 5.91 Å². The maximum atomic E-state index is 13.2. The molecule has 0 radical (unpaired) electrons. The highest BCUT2D eigenvalue weighted by Gasteiger charge is 2.48. The van der Waals surface area contributed by atoms with Gasteiger partial charge in [-0.25, -0.2) is 0 Å². The highest BCUT2D eigenvalue weighted by Crippen LogP contribution is 2.45. The van der Waals surface area contributed by atoms with Crippen molar-refractivity contribution in [3.8, 4) is 0 Å². The fourth-order valence-corrected chi connectivity index (χ4v) is 4.64. The molecule has 27 heavy (non-hydrogen) atoms. The SMILES string of the molecule is CCN1C(=O)C(C)(C(=O)Nc2cccc3ccccc23)Sc2ccccc21. The van der Waals surface area contributed by atoms with Crippen molar-refractivity contribution in [2.24, 2.45) is 0 Å². The van der Waals surface area contributed by atoms with Crippen LogP contribution in [0.15, 0.2) is 71.6 Å². The maximum Gasteiger partial charge on any atom is 0.252 e. The highest BCUT2D eigenvalue weighted by molar-refractivity contribution is 8.02. The molecule has 0 saturated heterocycles. The van der Waals surface area contributed by atoms with Gasteiger partial charge in [-0.3, -0.25) is 9.59 Å². The van der Waals surface area contributed by atoms with E-state index in [1.807, 2.05) is 73.7 Å². The van der Waals surface area contributed by atoms with Gasteiger partial charge in [-0.2, -0.15) is 0 Å². The molecule has 136 valence electrons. The Kier molecular flexibility index (Phi) is 4.40. The molecule has 0 aliphatic carbocycles. The Labute approximate surface area is 162 Å². The Hall–Kier alpha value is -2.79. The number of benzene rings is 3. The zero-order valence-electron chi connectivity index (χ0n) is 15.2. The van der Waals surface area contributed by atoms with Crippen LogP contribution in [0.3, 0.4) is 0 Å². The smallest absolute Gasteiger partial charge is 0.252 e. The fourth-order valence-electron chi connectivity index (χ4n) is 3.43. The van der Waals surface area contributed by atoms with E-state index in [1.54, 1.807) is 11.8 Å². The van der Waals surface area contributed by atoms with E-state index in [-0.39, 0.29) is 11.8 Å². The molecular weight excluding hydrogens is 356 g/mol. The lowest BCUT2D eigenvalue weighted by Crippen LogP contribution is -2.54. The van der Waals surface area contributed by atoms with E-state index in [2.05, 4.69) is 5.32 Å². The van der Waals surface area contributed by atoms with Crippen molar-refractivity contribution in [1.82, 2.24) is 0 Å². The molecule has 0 bridgehead atoms. The summed E-state index contributed by atoms with van der Waals surface area (Å²) in [7, 11) is 0. The summed E-state index contributed by atoms with van der Waals surface area (Å²) in [5.41, 5.74) is 1.58. The summed E-state index contributed by atoms with van der Waals surface area (Å²) in [6.07, 6.45) is 0. The topological polar surface area (TPSA) is 49.4 Å². The summed E-state index contributed by atoms with van der Waals surface area (Å²) in [4.78, 5) is 29.0. The van der Waals surface area contributed by atoms with Gasteiger partial charge in [-0.1, -0.05) is 60.3 Å². The molecule has 1 unspecified atom stereocenters. The van der Waals surface area contributed by atoms with Gasteiger partial charge < -0.3 is 10.2 Å². The molecule has 1 N–H and O–H groups in total. The molecule has 0 fully saturated rings. The summed E-state index contributed by atoms with van der Waals surface area (Å²) in [6.45, 7) is 4.15. The number of carbonyl (C=O) groups is 2. The second-order valence-electron chi connectivity index (χ2n) is 6.63. The molecule has 0 spiro atoms. The number of nitrogens with one attached hydrogen (secondary N) is 1. The Morgan fingerprint density at radius 2 is 1.74 bits per heavy atom. The van der Waals surface area contributed by atoms with E-state index in [4.69, 9.17) is 0 Å². The quantitative estimate of drug-likeness (QED) is 0.674. The molecule has 1 atom stereocenters. The number of rotatable bonds is 3. The van der Waals surface area contributed by atoms with Crippen molar-refractivity contribution < 1.29 is 9.59 Å². The third kappa shape index (κ3) is 2.88. The van der Waals surface area contributed by atoms with Crippen molar-refractivity contribution in [1.29, 1.82) is 0 Å². The van der Waals surface area contributed by atoms with E-state index in [0.29, 0.717) is 6.54 Å². The van der Waals surface area contributed by atoms with Crippen LogP contribution >= 0.6 is 11.8 Å². The van der Waals surface area contributed by atoms with E-state index < -0.39 is 4.75 Å². The van der Waals surface area contributed by atoms with Crippen molar-refractivity contribution in [2.45, 2.75) is 23.5 Å². The first-order valence-electron chi connectivity index (χ1n) is 8.94. The number of hydrogen-bond donors (Lipinski definition) is 1. The van der Waals surface area contributed by atoms with Crippen molar-refractivity contribution in [3.63, 3.8) is 0 Å². The Bertz CT molecular complexity index is 1040. The second-order valence-corrected chi connectivity index (χ2v) is 8.09. The summed E-state index contributed by atoms with van der Waals surface area (Å²) in [6, 6.07) is 21.4. The predicted octanol–water partition coefficient (Wildman–Crippen LogP) is 4.70. The predicted molar refractivity (Wildman–Crippen MR) is 111 cm³/mol. The molecular formula is C22H20N2O2S. The minimum absolute atomic E-state index is 0.188. The second kappa shape index (κ2) is 6.74. The minimum atomic E-state index is -1.22. The monoisotopic (exact) mass is 376 g/mol. The van der Waals surface area contributed by atoms with E-state index >= 15 is 0 Å². The van der Waals surface area contributed by atoms with Crippen LogP contribution in [0.4, 0.5) is 11.4 Å². The Balaban J connectivity index is 1.71.